The summed E-state index contributed by atoms with van der Waals surface area (Å²) < 4.78 is 45.0. The van der Waals surface area contributed by atoms with Gasteiger partial charge in [-0.15, -0.1) is 0 Å². The van der Waals surface area contributed by atoms with E-state index in [-0.39, 0.29) is 16.4 Å². The summed E-state index contributed by atoms with van der Waals surface area (Å²) in [4.78, 5) is 24.3. The molecule has 0 spiro atoms. The number of halogens is 3. The van der Waals surface area contributed by atoms with E-state index in [4.69, 9.17) is 0 Å². The Labute approximate surface area is 136 Å². The molecule has 2 aromatic rings. The Morgan fingerprint density at radius 1 is 1.21 bits per heavy atom. The zero-order chi connectivity index (χ0) is 18.3. The first-order chi connectivity index (χ1) is 10.9. The van der Waals surface area contributed by atoms with Gasteiger partial charge >= 0.3 is 12.1 Å². The molecule has 0 atom stereocenters. The second-order valence-corrected chi connectivity index (χ2v) is 6.78. The standard InChI is InChI=1S/C17H18F3NO3/c1-16(2,3)9-21-8-12(15(23)24-4)14(22)11-7-10(17(18,19)20)5-6-13(11)21/h5-8H,9H2,1-4H3. The molecule has 0 saturated heterocycles. The molecule has 0 bridgehead atoms. The monoisotopic (exact) mass is 341 g/mol. The van der Waals surface area contributed by atoms with Crippen molar-refractivity contribution in [1.82, 2.24) is 4.57 Å². The number of fused-ring (bicyclic) bond motifs is 1. The number of rotatable bonds is 2. The van der Waals surface area contributed by atoms with E-state index in [0.29, 0.717) is 12.1 Å². The summed E-state index contributed by atoms with van der Waals surface area (Å²) in [5, 5.41) is -0.156. The number of hydrogen-bond acceptors (Lipinski definition) is 3. The first kappa shape index (κ1) is 18.0. The zero-order valence-corrected chi connectivity index (χ0v) is 13.8. The highest BCUT2D eigenvalue weighted by Gasteiger charge is 2.31. The molecule has 2 rings (SSSR count). The second kappa shape index (κ2) is 5.96. The van der Waals surface area contributed by atoms with Gasteiger partial charge < -0.3 is 9.30 Å². The Morgan fingerprint density at radius 3 is 2.33 bits per heavy atom. The third-order valence-electron chi connectivity index (χ3n) is 3.46. The summed E-state index contributed by atoms with van der Waals surface area (Å²) in [5.41, 5.74) is -1.85. The van der Waals surface area contributed by atoms with Crippen LogP contribution in [-0.2, 0) is 17.5 Å². The van der Waals surface area contributed by atoms with Crippen molar-refractivity contribution in [2.45, 2.75) is 33.5 Å². The van der Waals surface area contributed by atoms with Crippen molar-refractivity contribution >= 4 is 16.9 Å². The van der Waals surface area contributed by atoms with Crippen LogP contribution in [0.3, 0.4) is 0 Å². The average Bonchev–Trinajstić information content (AvgIpc) is 2.46. The molecule has 0 unspecified atom stereocenters. The molecular formula is C17H18F3NO3. The molecule has 0 aliphatic carbocycles. The Morgan fingerprint density at radius 2 is 1.83 bits per heavy atom. The minimum absolute atomic E-state index is 0.156. The molecule has 0 aliphatic rings. The summed E-state index contributed by atoms with van der Waals surface area (Å²) in [5.74, 6) is -0.873. The summed E-state index contributed by atoms with van der Waals surface area (Å²) >= 11 is 0. The van der Waals surface area contributed by atoms with Crippen LogP contribution in [0.2, 0.25) is 0 Å². The predicted molar refractivity (Wildman–Crippen MR) is 84.0 cm³/mol. The normalized spacial score (nSPS) is 12.5. The number of carbonyl (C=O) groups is 1. The Hall–Kier alpha value is -2.31. The highest BCUT2D eigenvalue weighted by Crippen LogP contribution is 2.31. The fourth-order valence-electron chi connectivity index (χ4n) is 2.47. The van der Waals surface area contributed by atoms with Gasteiger partial charge in [0.05, 0.1) is 18.2 Å². The third kappa shape index (κ3) is 3.60. The molecule has 24 heavy (non-hydrogen) atoms. The lowest BCUT2D eigenvalue weighted by atomic mass is 9.96. The number of esters is 1. The van der Waals surface area contributed by atoms with Crippen molar-refractivity contribution in [3.8, 4) is 0 Å². The molecule has 4 nitrogen and oxygen atoms in total. The van der Waals surface area contributed by atoms with Gasteiger partial charge in [-0.2, -0.15) is 13.2 Å². The molecule has 1 aromatic carbocycles. The maximum Gasteiger partial charge on any atom is 0.416 e. The lowest BCUT2D eigenvalue weighted by Gasteiger charge is -2.23. The highest BCUT2D eigenvalue weighted by atomic mass is 19.4. The van der Waals surface area contributed by atoms with Gasteiger partial charge in [0.15, 0.2) is 0 Å². The first-order valence-electron chi connectivity index (χ1n) is 7.27. The molecule has 1 heterocycles. The zero-order valence-electron chi connectivity index (χ0n) is 13.8. The number of aromatic nitrogens is 1. The highest BCUT2D eigenvalue weighted by molar-refractivity contribution is 5.93. The van der Waals surface area contributed by atoms with Crippen LogP contribution in [0.5, 0.6) is 0 Å². The molecule has 0 N–H and O–H groups in total. The van der Waals surface area contributed by atoms with Crippen molar-refractivity contribution in [2.75, 3.05) is 7.11 Å². The van der Waals surface area contributed by atoms with Gasteiger partial charge in [0, 0.05) is 18.1 Å². The lowest BCUT2D eigenvalue weighted by Crippen LogP contribution is -2.24. The maximum absolute atomic E-state index is 12.9. The second-order valence-electron chi connectivity index (χ2n) is 6.78. The SMILES string of the molecule is COC(=O)c1cn(CC(C)(C)C)c2ccc(C(F)(F)F)cc2c1=O. The molecule has 0 amide bonds. The van der Waals surface area contributed by atoms with Gasteiger partial charge in [-0.3, -0.25) is 4.79 Å². The Kier molecular flexibility index (Phi) is 4.48. The van der Waals surface area contributed by atoms with Crippen LogP contribution >= 0.6 is 0 Å². The van der Waals surface area contributed by atoms with Crippen molar-refractivity contribution < 1.29 is 22.7 Å². The van der Waals surface area contributed by atoms with E-state index < -0.39 is 23.1 Å². The van der Waals surface area contributed by atoms with E-state index in [0.717, 1.165) is 19.2 Å². The number of alkyl halides is 3. The summed E-state index contributed by atoms with van der Waals surface area (Å²) in [6.45, 7) is 6.25. The minimum Gasteiger partial charge on any atom is -0.465 e. The number of carbonyl (C=O) groups excluding carboxylic acids is 1. The van der Waals surface area contributed by atoms with Gasteiger partial charge in [-0.05, 0) is 23.6 Å². The summed E-state index contributed by atoms with van der Waals surface area (Å²) in [6, 6.07) is 2.97. The molecule has 7 heteroatoms. The number of pyridine rings is 1. The van der Waals surface area contributed by atoms with Crippen molar-refractivity contribution in [3.63, 3.8) is 0 Å². The van der Waals surface area contributed by atoms with Gasteiger partial charge in [0.1, 0.15) is 5.56 Å². The van der Waals surface area contributed by atoms with Crippen LogP contribution in [0.25, 0.3) is 10.9 Å². The quantitative estimate of drug-likeness (QED) is 0.780. The van der Waals surface area contributed by atoms with Crippen LogP contribution in [-0.4, -0.2) is 17.6 Å². The fourth-order valence-corrected chi connectivity index (χ4v) is 2.47. The molecule has 0 saturated carbocycles. The Balaban J connectivity index is 2.84. The number of benzene rings is 1. The molecule has 130 valence electrons. The third-order valence-corrected chi connectivity index (χ3v) is 3.46. The molecule has 0 aliphatic heterocycles. The molecule has 1 aromatic heterocycles. The van der Waals surface area contributed by atoms with Crippen molar-refractivity contribution in [3.05, 3.63) is 45.7 Å². The number of hydrogen-bond donors (Lipinski definition) is 0. The number of methoxy groups -OCH3 is 1. The van der Waals surface area contributed by atoms with E-state index in [2.05, 4.69) is 4.74 Å². The summed E-state index contributed by atoms with van der Waals surface area (Å²) in [7, 11) is 1.12. The van der Waals surface area contributed by atoms with Crippen LogP contribution in [0.4, 0.5) is 13.2 Å². The van der Waals surface area contributed by atoms with E-state index in [9.17, 15) is 22.8 Å². The molecule has 0 radical (unpaired) electrons. The van der Waals surface area contributed by atoms with Crippen molar-refractivity contribution in [1.29, 1.82) is 0 Å². The Bertz CT molecular complexity index is 845. The largest absolute Gasteiger partial charge is 0.465 e. The molecular weight excluding hydrogens is 323 g/mol. The smallest absolute Gasteiger partial charge is 0.416 e. The van der Waals surface area contributed by atoms with E-state index in [1.54, 1.807) is 4.57 Å². The first-order valence-corrected chi connectivity index (χ1v) is 7.27. The van der Waals surface area contributed by atoms with Crippen molar-refractivity contribution in [2.24, 2.45) is 5.41 Å². The van der Waals surface area contributed by atoms with Crippen LogP contribution in [0.15, 0.2) is 29.2 Å². The van der Waals surface area contributed by atoms with E-state index in [1.165, 1.54) is 12.3 Å². The van der Waals surface area contributed by atoms with Gasteiger partial charge in [0.25, 0.3) is 0 Å². The van der Waals surface area contributed by atoms with E-state index in [1.807, 2.05) is 20.8 Å². The number of ether oxygens (including phenoxy) is 1. The predicted octanol–water partition coefficient (Wildman–Crippen LogP) is 3.85. The molecule has 0 fully saturated rings. The van der Waals surface area contributed by atoms with Gasteiger partial charge in [-0.1, -0.05) is 20.8 Å². The lowest BCUT2D eigenvalue weighted by molar-refractivity contribution is -0.137. The topological polar surface area (TPSA) is 48.3 Å². The van der Waals surface area contributed by atoms with Gasteiger partial charge in [-0.25, -0.2) is 4.79 Å². The minimum atomic E-state index is -4.57. The average molecular weight is 341 g/mol. The van der Waals surface area contributed by atoms with Gasteiger partial charge in [0.2, 0.25) is 5.43 Å². The van der Waals surface area contributed by atoms with Crippen LogP contribution in [0, 0.1) is 5.41 Å². The summed E-state index contributed by atoms with van der Waals surface area (Å²) in [6.07, 6.45) is -3.23. The van der Waals surface area contributed by atoms with Crippen LogP contribution in [0.1, 0.15) is 36.7 Å². The van der Waals surface area contributed by atoms with Crippen LogP contribution < -0.4 is 5.43 Å². The number of nitrogens with zero attached hydrogens (tertiary/aromatic N) is 1. The van der Waals surface area contributed by atoms with E-state index >= 15 is 0 Å². The maximum atomic E-state index is 12.9. The fraction of sp³-hybridized carbons (Fsp3) is 0.412.